The number of rotatable bonds is 7. The molecule has 3 heterocycles. The van der Waals surface area contributed by atoms with Gasteiger partial charge in [-0.25, -0.2) is 9.97 Å². The van der Waals surface area contributed by atoms with Gasteiger partial charge in [-0.1, -0.05) is 11.6 Å². The Bertz CT molecular complexity index is 631. The van der Waals surface area contributed by atoms with Gasteiger partial charge in [-0.05, 0) is 50.6 Å². The van der Waals surface area contributed by atoms with E-state index in [1.165, 1.54) is 45.3 Å². The number of hydrogen-bond donors (Lipinski definition) is 1. The summed E-state index contributed by atoms with van der Waals surface area (Å²) in [7, 11) is 0. The van der Waals surface area contributed by atoms with Crippen molar-refractivity contribution >= 4 is 23.5 Å². The van der Waals surface area contributed by atoms with Crippen molar-refractivity contribution in [2.75, 3.05) is 51.2 Å². The Morgan fingerprint density at radius 3 is 2.52 bits per heavy atom. The molecule has 0 spiro atoms. The van der Waals surface area contributed by atoms with Crippen molar-refractivity contribution in [1.82, 2.24) is 19.8 Å². The number of ether oxygens (including phenoxy) is 1. The topological polar surface area (TPSA) is 70.6 Å². The molecule has 3 aliphatic rings. The maximum atomic E-state index is 12.3. The smallest absolute Gasteiger partial charge is 0.248 e. The fraction of sp³-hybridized carbons (Fsp3) is 0.737. The van der Waals surface area contributed by atoms with Crippen LogP contribution in [0.15, 0.2) is 12.4 Å². The van der Waals surface area contributed by atoms with Gasteiger partial charge in [0.25, 0.3) is 0 Å². The van der Waals surface area contributed by atoms with Gasteiger partial charge in [0.1, 0.15) is 6.61 Å². The number of hydrogen-bond acceptors (Lipinski definition) is 6. The average molecular weight is 394 g/mol. The SMILES string of the molecule is O=C1CO[C@H](CNc2ncc(Cl)cn2)CN1CC1CCN(CC2CC2)CC1. The molecule has 1 N–H and O–H groups in total. The number of piperidine rings is 1. The zero-order valence-electron chi connectivity index (χ0n) is 15.6. The van der Waals surface area contributed by atoms with Gasteiger partial charge in [0.15, 0.2) is 0 Å². The van der Waals surface area contributed by atoms with Gasteiger partial charge in [0.05, 0.1) is 23.5 Å². The third kappa shape index (κ3) is 5.53. The van der Waals surface area contributed by atoms with Crippen molar-refractivity contribution in [2.24, 2.45) is 11.8 Å². The molecule has 1 aromatic rings. The summed E-state index contributed by atoms with van der Waals surface area (Å²) in [5, 5.41) is 3.67. The van der Waals surface area contributed by atoms with E-state index in [4.69, 9.17) is 16.3 Å². The average Bonchev–Trinajstić information content (AvgIpc) is 3.49. The second kappa shape index (κ2) is 8.71. The van der Waals surface area contributed by atoms with E-state index in [9.17, 15) is 4.79 Å². The first-order valence-electron chi connectivity index (χ1n) is 9.99. The molecule has 2 aliphatic heterocycles. The van der Waals surface area contributed by atoms with Crippen LogP contribution in [0.3, 0.4) is 0 Å². The number of nitrogens with zero attached hydrogens (tertiary/aromatic N) is 4. The highest BCUT2D eigenvalue weighted by atomic mass is 35.5. The molecule has 3 fully saturated rings. The lowest BCUT2D eigenvalue weighted by atomic mass is 9.95. The molecule has 1 aromatic heterocycles. The van der Waals surface area contributed by atoms with Crippen molar-refractivity contribution in [3.8, 4) is 0 Å². The maximum Gasteiger partial charge on any atom is 0.248 e. The lowest BCUT2D eigenvalue weighted by Gasteiger charge is -2.38. The Morgan fingerprint density at radius 2 is 1.81 bits per heavy atom. The molecule has 2 saturated heterocycles. The van der Waals surface area contributed by atoms with E-state index in [1.807, 2.05) is 4.90 Å². The van der Waals surface area contributed by atoms with Crippen LogP contribution in [0.4, 0.5) is 5.95 Å². The zero-order chi connectivity index (χ0) is 18.6. The Labute approximate surface area is 165 Å². The molecule has 148 valence electrons. The lowest BCUT2D eigenvalue weighted by Crippen LogP contribution is -2.51. The summed E-state index contributed by atoms with van der Waals surface area (Å²) >= 11 is 5.80. The molecule has 0 bridgehead atoms. The number of carbonyl (C=O) groups is 1. The van der Waals surface area contributed by atoms with Gasteiger partial charge in [-0.15, -0.1) is 0 Å². The summed E-state index contributed by atoms with van der Waals surface area (Å²) in [6, 6.07) is 0. The normalized spacial score (nSPS) is 25.0. The molecule has 0 radical (unpaired) electrons. The number of morpholine rings is 1. The summed E-state index contributed by atoms with van der Waals surface area (Å²) in [5.74, 6) is 2.19. The molecule has 1 saturated carbocycles. The van der Waals surface area contributed by atoms with Gasteiger partial charge in [0.2, 0.25) is 11.9 Å². The Balaban J connectivity index is 1.21. The van der Waals surface area contributed by atoms with Gasteiger partial charge < -0.3 is 19.9 Å². The van der Waals surface area contributed by atoms with Crippen LogP contribution in [0.1, 0.15) is 25.7 Å². The number of likely N-dealkylation sites (tertiary alicyclic amines) is 1. The van der Waals surface area contributed by atoms with Crippen LogP contribution in [0.25, 0.3) is 0 Å². The van der Waals surface area contributed by atoms with Crippen molar-refractivity contribution in [2.45, 2.75) is 31.8 Å². The van der Waals surface area contributed by atoms with E-state index in [2.05, 4.69) is 20.2 Å². The molecule has 0 unspecified atom stereocenters. The van der Waals surface area contributed by atoms with Crippen molar-refractivity contribution in [3.05, 3.63) is 17.4 Å². The number of nitrogens with one attached hydrogen (secondary N) is 1. The van der Waals surface area contributed by atoms with Crippen LogP contribution >= 0.6 is 11.6 Å². The number of aromatic nitrogens is 2. The first kappa shape index (κ1) is 18.9. The minimum atomic E-state index is -0.0445. The predicted molar refractivity (Wildman–Crippen MR) is 104 cm³/mol. The van der Waals surface area contributed by atoms with E-state index in [0.29, 0.717) is 30.0 Å². The van der Waals surface area contributed by atoms with Gasteiger partial charge in [0, 0.05) is 26.2 Å². The van der Waals surface area contributed by atoms with Crippen LogP contribution in [0, 0.1) is 11.8 Å². The molecule has 1 amide bonds. The largest absolute Gasteiger partial charge is 0.365 e. The molecular weight excluding hydrogens is 366 g/mol. The van der Waals surface area contributed by atoms with Gasteiger partial charge in [-0.2, -0.15) is 0 Å². The maximum absolute atomic E-state index is 12.3. The van der Waals surface area contributed by atoms with E-state index >= 15 is 0 Å². The van der Waals surface area contributed by atoms with Crippen LogP contribution in [-0.4, -0.2) is 77.7 Å². The minimum absolute atomic E-state index is 0.0445. The highest BCUT2D eigenvalue weighted by Crippen LogP contribution is 2.31. The molecule has 1 aliphatic carbocycles. The van der Waals surface area contributed by atoms with E-state index in [1.54, 1.807) is 12.4 Å². The second-order valence-electron chi connectivity index (χ2n) is 8.02. The first-order chi connectivity index (χ1) is 13.2. The van der Waals surface area contributed by atoms with Crippen LogP contribution < -0.4 is 5.32 Å². The number of amides is 1. The van der Waals surface area contributed by atoms with Crippen LogP contribution in [0.2, 0.25) is 5.02 Å². The fourth-order valence-corrected chi connectivity index (χ4v) is 4.02. The highest BCUT2D eigenvalue weighted by molar-refractivity contribution is 6.30. The van der Waals surface area contributed by atoms with Crippen molar-refractivity contribution in [3.63, 3.8) is 0 Å². The van der Waals surface area contributed by atoms with E-state index in [0.717, 1.165) is 12.5 Å². The Hall–Kier alpha value is -1.44. The molecule has 27 heavy (non-hydrogen) atoms. The number of anilines is 1. The second-order valence-corrected chi connectivity index (χ2v) is 8.46. The minimum Gasteiger partial charge on any atom is -0.365 e. The third-order valence-corrected chi connectivity index (χ3v) is 5.92. The Kier molecular flexibility index (Phi) is 6.10. The predicted octanol–water partition coefficient (Wildman–Crippen LogP) is 1.89. The third-order valence-electron chi connectivity index (χ3n) is 5.73. The van der Waals surface area contributed by atoms with Crippen LogP contribution in [-0.2, 0) is 9.53 Å². The summed E-state index contributed by atoms with van der Waals surface area (Å²) in [5.41, 5.74) is 0. The summed E-state index contributed by atoms with van der Waals surface area (Å²) < 4.78 is 5.68. The lowest BCUT2D eigenvalue weighted by molar-refractivity contribution is -0.149. The number of carbonyl (C=O) groups excluding carboxylic acids is 1. The zero-order valence-corrected chi connectivity index (χ0v) is 16.4. The molecule has 1 atom stereocenters. The van der Waals surface area contributed by atoms with Crippen LogP contribution in [0.5, 0.6) is 0 Å². The molecular formula is C19H28ClN5O2. The van der Waals surface area contributed by atoms with Gasteiger partial charge >= 0.3 is 0 Å². The fourth-order valence-electron chi connectivity index (χ4n) is 3.92. The van der Waals surface area contributed by atoms with E-state index in [-0.39, 0.29) is 18.6 Å². The molecule has 4 rings (SSSR count). The number of halogens is 1. The van der Waals surface area contributed by atoms with E-state index < -0.39 is 0 Å². The standard InChI is InChI=1S/C19H28ClN5O2/c20-16-7-21-19(22-8-16)23-9-17-12-25(18(26)13-27-17)11-15-3-5-24(6-4-15)10-14-1-2-14/h7-8,14-15,17H,1-6,9-13H2,(H,21,22,23)/t17-/m1/s1. The summed E-state index contributed by atoms with van der Waals surface area (Å²) in [4.78, 5) is 25.1. The first-order valence-corrected chi connectivity index (χ1v) is 10.4. The van der Waals surface area contributed by atoms with Crippen molar-refractivity contribution in [1.29, 1.82) is 0 Å². The molecule has 0 aromatic carbocycles. The molecule has 7 nitrogen and oxygen atoms in total. The van der Waals surface area contributed by atoms with Crippen molar-refractivity contribution < 1.29 is 9.53 Å². The quantitative estimate of drug-likeness (QED) is 0.762. The Morgan fingerprint density at radius 1 is 1.11 bits per heavy atom. The van der Waals surface area contributed by atoms with Gasteiger partial charge in [-0.3, -0.25) is 4.79 Å². The monoisotopic (exact) mass is 393 g/mol. The summed E-state index contributed by atoms with van der Waals surface area (Å²) in [6.07, 6.45) is 8.29. The summed E-state index contributed by atoms with van der Waals surface area (Å²) in [6.45, 7) is 5.86. The molecule has 8 heteroatoms. The highest BCUT2D eigenvalue weighted by Gasteiger charge is 2.31.